The molecule has 0 saturated carbocycles. The van der Waals surface area contributed by atoms with Crippen LogP contribution in [0, 0.1) is 13.8 Å². The number of nitrogens with zero attached hydrogens (tertiary/aromatic N) is 1. The quantitative estimate of drug-likeness (QED) is 0.797. The number of hydrogen-bond donors (Lipinski definition) is 0. The molecule has 0 N–H and O–H groups in total. The van der Waals surface area contributed by atoms with E-state index in [1.54, 1.807) is 0 Å². The van der Waals surface area contributed by atoms with Crippen LogP contribution in [0.25, 0.3) is 0 Å². The van der Waals surface area contributed by atoms with E-state index < -0.39 is 12.1 Å². The van der Waals surface area contributed by atoms with Crippen LogP contribution in [0.1, 0.15) is 24.0 Å². The molecule has 1 heterocycles. The van der Waals surface area contributed by atoms with E-state index in [0.717, 1.165) is 16.8 Å². The van der Waals surface area contributed by atoms with Gasteiger partial charge in [0.2, 0.25) is 0 Å². The molecule has 21 heavy (non-hydrogen) atoms. The normalized spacial score (nSPS) is 21.2. The number of benzene rings is 1. The summed E-state index contributed by atoms with van der Waals surface area (Å²) in [6.45, 7) is 4.00. The zero-order valence-corrected chi connectivity index (χ0v) is 12.9. The number of carbonyl (C=O) groups is 2. The second-order valence-corrected chi connectivity index (χ2v) is 5.28. The van der Waals surface area contributed by atoms with Crippen LogP contribution in [0.2, 0.25) is 0 Å². The van der Waals surface area contributed by atoms with Gasteiger partial charge in [0, 0.05) is 5.69 Å². The van der Waals surface area contributed by atoms with Crippen LogP contribution < -0.4 is 4.90 Å². The maximum Gasteiger partial charge on any atom is 0.328 e. The predicted octanol–water partition coefficient (Wildman–Crippen LogP) is 1.99. The molecule has 1 aromatic rings. The van der Waals surface area contributed by atoms with Crippen LogP contribution in [-0.2, 0) is 19.1 Å². The fraction of sp³-hybridized carbons (Fsp3) is 0.500. The molecule has 1 aliphatic heterocycles. The number of esters is 2. The number of hydrogen-bond acceptors (Lipinski definition) is 5. The third kappa shape index (κ3) is 2.73. The monoisotopic (exact) mass is 291 g/mol. The summed E-state index contributed by atoms with van der Waals surface area (Å²) in [6.07, 6.45) is 1.17. The van der Waals surface area contributed by atoms with Crippen molar-refractivity contribution in [3.8, 4) is 0 Å². The molecular formula is C16H21NO4. The molecule has 0 aromatic heterocycles. The van der Waals surface area contributed by atoms with Crippen molar-refractivity contribution in [1.29, 1.82) is 0 Å². The number of anilines is 1. The number of methoxy groups -OCH3 is 2. The first-order valence-electron chi connectivity index (χ1n) is 7.01. The Morgan fingerprint density at radius 1 is 1.05 bits per heavy atom. The number of carbonyl (C=O) groups excluding carboxylic acids is 2. The van der Waals surface area contributed by atoms with E-state index in [0.29, 0.717) is 12.8 Å². The minimum absolute atomic E-state index is 0.317. The van der Waals surface area contributed by atoms with E-state index in [2.05, 4.69) is 0 Å². The minimum atomic E-state index is -0.445. The Balaban J connectivity index is 2.47. The molecule has 0 amide bonds. The van der Waals surface area contributed by atoms with E-state index in [1.807, 2.05) is 36.9 Å². The van der Waals surface area contributed by atoms with Crippen molar-refractivity contribution < 1.29 is 19.1 Å². The molecule has 1 aliphatic rings. The van der Waals surface area contributed by atoms with Crippen molar-refractivity contribution >= 4 is 17.6 Å². The third-order valence-corrected chi connectivity index (χ3v) is 4.19. The first-order chi connectivity index (χ1) is 10.0. The Labute approximate surface area is 124 Å². The van der Waals surface area contributed by atoms with E-state index in [-0.39, 0.29) is 11.9 Å². The molecule has 2 unspecified atom stereocenters. The molecule has 1 saturated heterocycles. The number of rotatable bonds is 3. The molecule has 0 radical (unpaired) electrons. The highest BCUT2D eigenvalue weighted by molar-refractivity contribution is 5.88. The number of ether oxygens (including phenoxy) is 2. The van der Waals surface area contributed by atoms with Crippen molar-refractivity contribution in [2.24, 2.45) is 0 Å². The van der Waals surface area contributed by atoms with Gasteiger partial charge in [-0.1, -0.05) is 12.1 Å². The van der Waals surface area contributed by atoms with Crippen molar-refractivity contribution in [1.82, 2.24) is 0 Å². The summed E-state index contributed by atoms with van der Waals surface area (Å²) in [5.74, 6) is -0.635. The zero-order chi connectivity index (χ0) is 15.6. The van der Waals surface area contributed by atoms with Gasteiger partial charge in [0.1, 0.15) is 12.1 Å². The molecule has 0 aliphatic carbocycles. The van der Waals surface area contributed by atoms with Gasteiger partial charge in [-0.15, -0.1) is 0 Å². The predicted molar refractivity (Wildman–Crippen MR) is 79.2 cm³/mol. The van der Waals surface area contributed by atoms with Crippen LogP contribution in [-0.4, -0.2) is 38.2 Å². The third-order valence-electron chi connectivity index (χ3n) is 4.19. The van der Waals surface area contributed by atoms with E-state index >= 15 is 0 Å². The molecule has 2 atom stereocenters. The zero-order valence-electron chi connectivity index (χ0n) is 12.9. The molecular weight excluding hydrogens is 270 g/mol. The molecule has 5 heteroatoms. The van der Waals surface area contributed by atoms with Crippen LogP contribution in [0.15, 0.2) is 18.2 Å². The summed E-state index contributed by atoms with van der Waals surface area (Å²) >= 11 is 0. The standard InChI is InChI=1S/C16H21NO4/c1-10-6-5-7-12(11(10)2)17-13(15(18)20-3)8-9-14(17)16(19)21-4/h5-7,13-14H,8-9H2,1-4H3. The van der Waals surface area contributed by atoms with Crippen LogP contribution in [0.3, 0.4) is 0 Å². The van der Waals surface area contributed by atoms with E-state index in [9.17, 15) is 9.59 Å². The lowest BCUT2D eigenvalue weighted by atomic mass is 10.1. The maximum atomic E-state index is 12.0. The summed E-state index contributed by atoms with van der Waals surface area (Å²) in [5.41, 5.74) is 3.06. The largest absolute Gasteiger partial charge is 0.467 e. The lowest BCUT2D eigenvalue weighted by Gasteiger charge is -2.31. The van der Waals surface area contributed by atoms with Gasteiger partial charge in [-0.25, -0.2) is 9.59 Å². The topological polar surface area (TPSA) is 55.8 Å². The van der Waals surface area contributed by atoms with Crippen LogP contribution >= 0.6 is 0 Å². The Kier molecular flexibility index (Phi) is 4.50. The fourth-order valence-corrected chi connectivity index (χ4v) is 2.90. The SMILES string of the molecule is COC(=O)C1CCC(C(=O)OC)N1c1cccc(C)c1C. The van der Waals surface area contributed by atoms with Crippen molar-refractivity contribution in [3.05, 3.63) is 29.3 Å². The molecule has 1 fully saturated rings. The number of aryl methyl sites for hydroxylation is 1. The van der Waals surface area contributed by atoms with Gasteiger partial charge in [-0.05, 0) is 43.9 Å². The lowest BCUT2D eigenvalue weighted by molar-refractivity contribution is -0.142. The summed E-state index contributed by atoms with van der Waals surface area (Å²) in [6, 6.07) is 4.98. The minimum Gasteiger partial charge on any atom is -0.467 e. The summed E-state index contributed by atoms with van der Waals surface area (Å²) < 4.78 is 9.77. The summed E-state index contributed by atoms with van der Waals surface area (Å²) in [5, 5.41) is 0. The van der Waals surface area contributed by atoms with Crippen molar-refractivity contribution in [2.75, 3.05) is 19.1 Å². The smallest absolute Gasteiger partial charge is 0.328 e. The Morgan fingerprint density at radius 3 is 2.05 bits per heavy atom. The Hall–Kier alpha value is -2.04. The highest BCUT2D eigenvalue weighted by Crippen LogP contribution is 2.34. The van der Waals surface area contributed by atoms with E-state index in [4.69, 9.17) is 9.47 Å². The Bertz CT molecular complexity index is 531. The van der Waals surface area contributed by atoms with Gasteiger partial charge in [-0.2, -0.15) is 0 Å². The highest BCUT2D eigenvalue weighted by atomic mass is 16.5. The molecule has 0 bridgehead atoms. The molecule has 0 spiro atoms. The average Bonchev–Trinajstić information content (AvgIpc) is 2.93. The van der Waals surface area contributed by atoms with Gasteiger partial charge < -0.3 is 14.4 Å². The van der Waals surface area contributed by atoms with Gasteiger partial charge in [0.25, 0.3) is 0 Å². The lowest BCUT2D eigenvalue weighted by Crippen LogP contribution is -2.45. The maximum absolute atomic E-state index is 12.0. The van der Waals surface area contributed by atoms with Gasteiger partial charge in [-0.3, -0.25) is 0 Å². The average molecular weight is 291 g/mol. The first-order valence-corrected chi connectivity index (χ1v) is 7.01. The molecule has 114 valence electrons. The van der Waals surface area contributed by atoms with Crippen LogP contribution in [0.5, 0.6) is 0 Å². The first kappa shape index (κ1) is 15.4. The fourth-order valence-electron chi connectivity index (χ4n) is 2.90. The van der Waals surface area contributed by atoms with Gasteiger partial charge in [0.15, 0.2) is 0 Å². The summed E-state index contributed by atoms with van der Waals surface area (Å²) in [4.78, 5) is 25.9. The highest BCUT2D eigenvalue weighted by Gasteiger charge is 2.43. The molecule has 2 rings (SSSR count). The molecule has 5 nitrogen and oxygen atoms in total. The van der Waals surface area contributed by atoms with Crippen molar-refractivity contribution in [3.63, 3.8) is 0 Å². The van der Waals surface area contributed by atoms with E-state index in [1.165, 1.54) is 14.2 Å². The van der Waals surface area contributed by atoms with Crippen molar-refractivity contribution in [2.45, 2.75) is 38.8 Å². The second kappa shape index (κ2) is 6.16. The van der Waals surface area contributed by atoms with Gasteiger partial charge in [0.05, 0.1) is 14.2 Å². The summed E-state index contributed by atoms with van der Waals surface area (Å²) in [7, 11) is 2.74. The second-order valence-electron chi connectivity index (χ2n) is 5.28. The molecule has 1 aromatic carbocycles. The van der Waals surface area contributed by atoms with Gasteiger partial charge >= 0.3 is 11.9 Å². The Morgan fingerprint density at radius 2 is 1.57 bits per heavy atom. The van der Waals surface area contributed by atoms with Crippen LogP contribution in [0.4, 0.5) is 5.69 Å².